The third-order valence-electron chi connectivity index (χ3n) is 1.50. The van der Waals surface area contributed by atoms with E-state index in [2.05, 4.69) is 0 Å². The molecule has 0 aromatic carbocycles. The van der Waals surface area contributed by atoms with E-state index in [0.29, 0.717) is 0 Å². The van der Waals surface area contributed by atoms with E-state index in [0.717, 1.165) is 11.3 Å². The maximum absolute atomic E-state index is 11.4. The zero-order valence-corrected chi connectivity index (χ0v) is 9.89. The maximum Gasteiger partial charge on any atom is 0.340 e. The Morgan fingerprint density at radius 3 is 2.53 bits per heavy atom. The lowest BCUT2D eigenvalue weighted by Crippen LogP contribution is -2.18. The lowest BCUT2D eigenvalue weighted by atomic mass is 10.3. The fraction of sp³-hybridized carbons (Fsp3) is 0.375. The van der Waals surface area contributed by atoms with E-state index in [4.69, 9.17) is 9.88 Å². The van der Waals surface area contributed by atoms with Crippen molar-refractivity contribution in [3.63, 3.8) is 0 Å². The summed E-state index contributed by atoms with van der Waals surface area (Å²) < 4.78 is 27.0. The minimum Gasteiger partial charge on any atom is -0.459 e. The standard InChI is InChI=1S/C8H11NO4S2/c1-5(2)13-8(10)6-3-14-4-7(6)15(9,11)12/h3-5H,1-2H3,(H2,9,11,12). The van der Waals surface area contributed by atoms with Crippen LogP contribution in [0.1, 0.15) is 24.2 Å². The Bertz CT molecular complexity index is 461. The van der Waals surface area contributed by atoms with Gasteiger partial charge in [-0.1, -0.05) is 0 Å². The van der Waals surface area contributed by atoms with E-state index in [9.17, 15) is 13.2 Å². The number of rotatable bonds is 3. The van der Waals surface area contributed by atoms with Crippen LogP contribution in [0.5, 0.6) is 0 Å². The molecule has 84 valence electrons. The quantitative estimate of drug-likeness (QED) is 0.808. The number of sulfonamides is 1. The summed E-state index contributed by atoms with van der Waals surface area (Å²) in [5.74, 6) is -0.671. The van der Waals surface area contributed by atoms with Gasteiger partial charge in [-0.05, 0) is 13.8 Å². The molecule has 0 saturated heterocycles. The number of carbonyl (C=O) groups excluding carboxylic acids is 1. The number of esters is 1. The number of primary sulfonamides is 1. The molecular weight excluding hydrogens is 238 g/mol. The second kappa shape index (κ2) is 4.30. The van der Waals surface area contributed by atoms with Gasteiger partial charge in [-0.25, -0.2) is 18.4 Å². The van der Waals surface area contributed by atoms with Gasteiger partial charge in [-0.3, -0.25) is 0 Å². The summed E-state index contributed by atoms with van der Waals surface area (Å²) in [7, 11) is -3.86. The summed E-state index contributed by atoms with van der Waals surface area (Å²) in [5, 5.41) is 7.66. The molecule has 15 heavy (non-hydrogen) atoms. The first-order valence-corrected chi connectivity index (χ1v) is 6.61. The van der Waals surface area contributed by atoms with Crippen molar-refractivity contribution >= 4 is 27.3 Å². The minimum atomic E-state index is -3.86. The highest BCUT2D eigenvalue weighted by molar-refractivity contribution is 7.89. The van der Waals surface area contributed by atoms with E-state index in [1.807, 2.05) is 0 Å². The Morgan fingerprint density at radius 2 is 2.07 bits per heavy atom. The SMILES string of the molecule is CC(C)OC(=O)c1cscc1S(N)(=O)=O. The van der Waals surface area contributed by atoms with Crippen molar-refractivity contribution in [1.82, 2.24) is 0 Å². The lowest BCUT2D eigenvalue weighted by Gasteiger charge is -2.07. The number of ether oxygens (including phenoxy) is 1. The van der Waals surface area contributed by atoms with Crippen LogP contribution in [0.4, 0.5) is 0 Å². The second-order valence-corrected chi connectivity index (χ2v) is 5.42. The molecule has 1 heterocycles. The molecule has 1 aromatic heterocycles. The molecule has 0 radical (unpaired) electrons. The molecule has 0 spiro atoms. The van der Waals surface area contributed by atoms with Gasteiger partial charge in [0.15, 0.2) is 0 Å². The Kier molecular flexibility index (Phi) is 3.48. The van der Waals surface area contributed by atoms with Gasteiger partial charge in [0.2, 0.25) is 10.0 Å². The fourth-order valence-electron chi connectivity index (χ4n) is 0.932. The Balaban J connectivity index is 3.06. The van der Waals surface area contributed by atoms with Gasteiger partial charge in [0.25, 0.3) is 0 Å². The number of thiophene rings is 1. The number of hydrogen-bond donors (Lipinski definition) is 1. The lowest BCUT2D eigenvalue weighted by molar-refractivity contribution is 0.0374. The van der Waals surface area contributed by atoms with Gasteiger partial charge < -0.3 is 4.74 Å². The van der Waals surface area contributed by atoms with Crippen molar-refractivity contribution in [2.45, 2.75) is 24.8 Å². The monoisotopic (exact) mass is 249 g/mol. The summed E-state index contributed by atoms with van der Waals surface area (Å²) >= 11 is 1.09. The molecule has 0 atom stereocenters. The van der Waals surface area contributed by atoms with Crippen LogP contribution in [0.3, 0.4) is 0 Å². The summed E-state index contributed by atoms with van der Waals surface area (Å²) in [6.45, 7) is 3.36. The normalized spacial score (nSPS) is 11.7. The molecule has 1 rings (SSSR count). The van der Waals surface area contributed by atoms with Crippen LogP contribution in [-0.4, -0.2) is 20.5 Å². The van der Waals surface area contributed by atoms with Crippen molar-refractivity contribution in [2.24, 2.45) is 5.14 Å². The van der Waals surface area contributed by atoms with E-state index in [-0.39, 0.29) is 16.6 Å². The molecular formula is C8H11NO4S2. The molecule has 1 aromatic rings. The molecule has 0 unspecified atom stereocenters. The van der Waals surface area contributed by atoms with E-state index in [1.54, 1.807) is 13.8 Å². The van der Waals surface area contributed by atoms with E-state index >= 15 is 0 Å². The molecule has 0 saturated carbocycles. The van der Waals surface area contributed by atoms with Gasteiger partial charge in [0.1, 0.15) is 4.90 Å². The third-order valence-corrected chi connectivity index (χ3v) is 3.34. The van der Waals surface area contributed by atoms with Crippen molar-refractivity contribution in [2.75, 3.05) is 0 Å². The van der Waals surface area contributed by atoms with E-state index in [1.165, 1.54) is 10.8 Å². The van der Waals surface area contributed by atoms with Crippen LogP contribution in [0.15, 0.2) is 15.7 Å². The zero-order valence-electron chi connectivity index (χ0n) is 8.26. The first kappa shape index (κ1) is 12.2. The van der Waals surface area contributed by atoms with Gasteiger partial charge in [0, 0.05) is 10.8 Å². The molecule has 0 bridgehead atoms. The average molecular weight is 249 g/mol. The van der Waals surface area contributed by atoms with E-state index < -0.39 is 16.0 Å². The zero-order chi connectivity index (χ0) is 11.6. The average Bonchev–Trinajstić information content (AvgIpc) is 2.48. The van der Waals surface area contributed by atoms with Crippen molar-refractivity contribution in [3.8, 4) is 0 Å². The Hall–Kier alpha value is -0.920. The van der Waals surface area contributed by atoms with Crippen LogP contribution in [0, 0.1) is 0 Å². The number of carbonyl (C=O) groups is 1. The van der Waals surface area contributed by atoms with Crippen LogP contribution in [0.25, 0.3) is 0 Å². The van der Waals surface area contributed by atoms with Gasteiger partial charge in [-0.2, -0.15) is 11.3 Å². The van der Waals surface area contributed by atoms with Gasteiger partial charge in [-0.15, -0.1) is 0 Å². The second-order valence-electron chi connectivity index (χ2n) is 3.15. The maximum atomic E-state index is 11.4. The first-order valence-electron chi connectivity index (χ1n) is 4.12. The largest absolute Gasteiger partial charge is 0.459 e. The number of hydrogen-bond acceptors (Lipinski definition) is 5. The fourth-order valence-corrected chi connectivity index (χ4v) is 2.84. The Morgan fingerprint density at radius 1 is 1.47 bits per heavy atom. The predicted octanol–water partition coefficient (Wildman–Crippen LogP) is 0.961. The third kappa shape index (κ3) is 3.01. The number of nitrogens with two attached hydrogens (primary N) is 1. The summed E-state index contributed by atoms with van der Waals surface area (Å²) in [5.41, 5.74) is -0.00352. The van der Waals surface area contributed by atoms with Gasteiger partial charge >= 0.3 is 5.97 Å². The van der Waals surface area contributed by atoms with Crippen LogP contribution < -0.4 is 5.14 Å². The van der Waals surface area contributed by atoms with Crippen molar-refractivity contribution < 1.29 is 17.9 Å². The molecule has 5 nitrogen and oxygen atoms in total. The van der Waals surface area contributed by atoms with Crippen molar-refractivity contribution in [1.29, 1.82) is 0 Å². The molecule has 0 aliphatic rings. The predicted molar refractivity (Wildman–Crippen MR) is 56.2 cm³/mol. The summed E-state index contributed by atoms with van der Waals surface area (Å²) in [4.78, 5) is 11.3. The molecule has 0 aliphatic carbocycles. The summed E-state index contributed by atoms with van der Waals surface area (Å²) in [6.07, 6.45) is -0.300. The highest BCUT2D eigenvalue weighted by Crippen LogP contribution is 2.20. The molecule has 2 N–H and O–H groups in total. The first-order chi connectivity index (χ1) is 6.82. The Labute approximate surface area is 91.9 Å². The summed E-state index contributed by atoms with van der Waals surface area (Å²) in [6, 6.07) is 0. The molecule has 7 heteroatoms. The van der Waals surface area contributed by atoms with Crippen LogP contribution in [-0.2, 0) is 14.8 Å². The molecule has 0 aliphatic heterocycles. The van der Waals surface area contributed by atoms with Crippen molar-refractivity contribution in [3.05, 3.63) is 16.3 Å². The topological polar surface area (TPSA) is 86.5 Å². The highest BCUT2D eigenvalue weighted by Gasteiger charge is 2.22. The minimum absolute atomic E-state index is 0.00352. The van der Waals surface area contributed by atoms with Crippen LogP contribution >= 0.6 is 11.3 Å². The van der Waals surface area contributed by atoms with Crippen LogP contribution in [0.2, 0.25) is 0 Å². The van der Waals surface area contributed by atoms with Gasteiger partial charge in [0.05, 0.1) is 11.7 Å². The smallest absolute Gasteiger partial charge is 0.340 e. The highest BCUT2D eigenvalue weighted by atomic mass is 32.2. The molecule has 0 amide bonds. The molecule has 0 fully saturated rings.